The average Bonchev–Trinajstić information content (AvgIpc) is 2.88. The van der Waals surface area contributed by atoms with Crippen LogP contribution >= 0.6 is 0 Å². The molecule has 5 heteroatoms. The molecular formula is C16H20O5. The Labute approximate surface area is 124 Å². The van der Waals surface area contributed by atoms with Crippen LogP contribution in [0, 0.1) is 0 Å². The number of aldehydes is 1. The monoisotopic (exact) mass is 292 g/mol. The van der Waals surface area contributed by atoms with E-state index >= 15 is 0 Å². The molecule has 0 aromatic heterocycles. The summed E-state index contributed by atoms with van der Waals surface area (Å²) in [5.74, 6) is -0.778. The molecule has 2 aliphatic rings. The van der Waals surface area contributed by atoms with Gasteiger partial charge in [-0.05, 0) is 26.3 Å². The zero-order valence-electron chi connectivity index (χ0n) is 12.4. The number of benzene rings is 1. The van der Waals surface area contributed by atoms with Gasteiger partial charge in [0, 0.05) is 0 Å². The lowest BCUT2D eigenvalue weighted by atomic mass is 9.94. The van der Waals surface area contributed by atoms with Crippen LogP contribution in [-0.2, 0) is 30.3 Å². The van der Waals surface area contributed by atoms with E-state index in [4.69, 9.17) is 18.9 Å². The van der Waals surface area contributed by atoms with Crippen LogP contribution < -0.4 is 0 Å². The minimum absolute atomic E-state index is 0.320. The largest absolute Gasteiger partial charge is 0.357 e. The Kier molecular flexibility index (Phi) is 3.61. The van der Waals surface area contributed by atoms with Gasteiger partial charge in [0.05, 0.1) is 12.7 Å². The van der Waals surface area contributed by atoms with Crippen LogP contribution in [0.2, 0.25) is 0 Å². The Morgan fingerprint density at radius 3 is 2.62 bits per heavy atom. The van der Waals surface area contributed by atoms with Crippen LogP contribution in [0.3, 0.4) is 0 Å². The van der Waals surface area contributed by atoms with Crippen LogP contribution in [0.15, 0.2) is 30.3 Å². The maximum absolute atomic E-state index is 11.8. The summed E-state index contributed by atoms with van der Waals surface area (Å²) in [7, 11) is 0. The van der Waals surface area contributed by atoms with Gasteiger partial charge in [-0.2, -0.15) is 0 Å². The maximum Gasteiger partial charge on any atom is 0.191 e. The molecular weight excluding hydrogens is 272 g/mol. The van der Waals surface area contributed by atoms with Gasteiger partial charge in [0.2, 0.25) is 0 Å². The predicted molar refractivity (Wildman–Crippen MR) is 74.4 cm³/mol. The number of hydrogen-bond donors (Lipinski definition) is 0. The molecule has 0 unspecified atom stereocenters. The van der Waals surface area contributed by atoms with Crippen molar-refractivity contribution in [2.45, 2.75) is 57.3 Å². The third kappa shape index (κ3) is 2.51. The highest BCUT2D eigenvalue weighted by atomic mass is 16.8. The summed E-state index contributed by atoms with van der Waals surface area (Å²) in [6.45, 7) is 5.72. The van der Waals surface area contributed by atoms with Crippen molar-refractivity contribution in [1.29, 1.82) is 0 Å². The summed E-state index contributed by atoms with van der Waals surface area (Å²) in [4.78, 5) is 11.8. The third-order valence-electron chi connectivity index (χ3n) is 3.99. The molecule has 0 amide bonds. The molecule has 0 saturated carbocycles. The van der Waals surface area contributed by atoms with Gasteiger partial charge in [-0.1, -0.05) is 30.3 Å². The summed E-state index contributed by atoms with van der Waals surface area (Å²) >= 11 is 0. The molecule has 0 N–H and O–H groups in total. The van der Waals surface area contributed by atoms with Crippen molar-refractivity contribution in [2.75, 3.05) is 0 Å². The summed E-state index contributed by atoms with van der Waals surface area (Å²) < 4.78 is 23.2. The molecule has 0 bridgehead atoms. The first-order valence-corrected chi connectivity index (χ1v) is 7.12. The fourth-order valence-corrected chi connectivity index (χ4v) is 2.85. The zero-order chi connectivity index (χ0) is 15.1. The van der Waals surface area contributed by atoms with Crippen molar-refractivity contribution in [3.05, 3.63) is 35.9 Å². The summed E-state index contributed by atoms with van der Waals surface area (Å²) in [6, 6.07) is 9.70. The molecule has 2 heterocycles. The lowest BCUT2D eigenvalue weighted by Gasteiger charge is -2.32. The van der Waals surface area contributed by atoms with E-state index in [2.05, 4.69) is 0 Å². The van der Waals surface area contributed by atoms with E-state index in [-0.39, 0.29) is 0 Å². The Morgan fingerprint density at radius 2 is 1.95 bits per heavy atom. The van der Waals surface area contributed by atoms with Gasteiger partial charge in [0.1, 0.15) is 0 Å². The van der Waals surface area contributed by atoms with Gasteiger partial charge in [0.25, 0.3) is 0 Å². The van der Waals surface area contributed by atoms with Crippen LogP contribution in [0.25, 0.3) is 0 Å². The number of ether oxygens (including phenoxy) is 4. The minimum atomic E-state index is -1.14. The van der Waals surface area contributed by atoms with Gasteiger partial charge in [-0.25, -0.2) is 0 Å². The second kappa shape index (κ2) is 5.18. The van der Waals surface area contributed by atoms with Gasteiger partial charge in [0.15, 0.2) is 30.1 Å². The van der Waals surface area contributed by atoms with E-state index < -0.39 is 29.9 Å². The van der Waals surface area contributed by atoms with Crippen molar-refractivity contribution in [1.82, 2.24) is 0 Å². The Bertz CT molecular complexity index is 515. The Hall–Kier alpha value is -1.27. The average molecular weight is 292 g/mol. The second-order valence-corrected chi connectivity index (χ2v) is 5.95. The quantitative estimate of drug-likeness (QED) is 0.795. The normalized spacial score (nSPS) is 37.4. The zero-order valence-corrected chi connectivity index (χ0v) is 12.4. The van der Waals surface area contributed by atoms with Crippen molar-refractivity contribution in [3.63, 3.8) is 0 Å². The SMILES string of the molecule is C[C@@H]1O[C@H]2OC(C)(C)O[C@H]2[C@@]1(C=O)OCc1ccccc1. The van der Waals surface area contributed by atoms with Crippen LogP contribution in [-0.4, -0.2) is 36.2 Å². The van der Waals surface area contributed by atoms with E-state index in [1.807, 2.05) is 30.3 Å². The molecule has 2 fully saturated rings. The first-order chi connectivity index (χ1) is 9.97. The summed E-state index contributed by atoms with van der Waals surface area (Å²) in [5, 5.41) is 0. The van der Waals surface area contributed by atoms with Gasteiger partial charge in [-0.15, -0.1) is 0 Å². The van der Waals surface area contributed by atoms with Gasteiger partial charge < -0.3 is 18.9 Å². The minimum Gasteiger partial charge on any atom is -0.357 e. The van der Waals surface area contributed by atoms with Crippen molar-refractivity contribution >= 4 is 6.29 Å². The van der Waals surface area contributed by atoms with E-state index in [1.165, 1.54) is 0 Å². The number of hydrogen-bond acceptors (Lipinski definition) is 5. The van der Waals surface area contributed by atoms with E-state index in [1.54, 1.807) is 20.8 Å². The third-order valence-corrected chi connectivity index (χ3v) is 3.99. The van der Waals surface area contributed by atoms with Crippen LogP contribution in [0.4, 0.5) is 0 Å². The van der Waals surface area contributed by atoms with Crippen molar-refractivity contribution < 1.29 is 23.7 Å². The molecule has 1 aromatic carbocycles. The number of carbonyl (C=O) groups excluding carboxylic acids is 1. The molecule has 114 valence electrons. The molecule has 3 rings (SSSR count). The van der Waals surface area contributed by atoms with E-state index in [9.17, 15) is 4.79 Å². The number of fused-ring (bicyclic) bond motifs is 1. The molecule has 4 atom stereocenters. The lowest BCUT2D eigenvalue weighted by molar-refractivity contribution is -0.230. The molecule has 21 heavy (non-hydrogen) atoms. The number of carbonyl (C=O) groups is 1. The molecule has 5 nitrogen and oxygen atoms in total. The highest BCUT2D eigenvalue weighted by molar-refractivity contribution is 5.66. The lowest BCUT2D eigenvalue weighted by Crippen LogP contribution is -2.51. The van der Waals surface area contributed by atoms with Gasteiger partial charge in [-0.3, -0.25) is 4.79 Å². The summed E-state index contributed by atoms with van der Waals surface area (Å²) in [5.41, 5.74) is -0.151. The van der Waals surface area contributed by atoms with Crippen LogP contribution in [0.1, 0.15) is 26.3 Å². The smallest absolute Gasteiger partial charge is 0.191 e. The first-order valence-electron chi connectivity index (χ1n) is 7.12. The topological polar surface area (TPSA) is 54.0 Å². The molecule has 0 radical (unpaired) electrons. The fraction of sp³-hybridized carbons (Fsp3) is 0.562. The fourth-order valence-electron chi connectivity index (χ4n) is 2.85. The van der Waals surface area contributed by atoms with E-state index in [0.717, 1.165) is 11.8 Å². The predicted octanol–water partition coefficient (Wildman–Crippen LogP) is 2.04. The molecule has 2 saturated heterocycles. The maximum atomic E-state index is 11.8. The van der Waals surface area contributed by atoms with Crippen LogP contribution in [0.5, 0.6) is 0 Å². The molecule has 1 aromatic rings. The summed E-state index contributed by atoms with van der Waals surface area (Å²) in [6.07, 6.45) is -0.764. The molecule has 0 aliphatic carbocycles. The van der Waals surface area contributed by atoms with Crippen molar-refractivity contribution in [3.8, 4) is 0 Å². The molecule has 2 aliphatic heterocycles. The Morgan fingerprint density at radius 1 is 1.24 bits per heavy atom. The second-order valence-electron chi connectivity index (χ2n) is 5.95. The van der Waals surface area contributed by atoms with Gasteiger partial charge >= 0.3 is 0 Å². The number of rotatable bonds is 4. The van der Waals surface area contributed by atoms with Crippen molar-refractivity contribution in [2.24, 2.45) is 0 Å². The Balaban J connectivity index is 1.80. The highest BCUT2D eigenvalue weighted by Gasteiger charge is 2.63. The molecule has 0 spiro atoms. The van der Waals surface area contributed by atoms with E-state index in [0.29, 0.717) is 6.61 Å². The standard InChI is InChI=1S/C16H20O5/c1-11-16(10-17,18-9-12-7-5-4-6-8-12)13-14(19-11)21-15(2,3)20-13/h4-8,10-11,13-14H,9H2,1-3H3/t11-,13+,14-,16-/m0/s1. The first kappa shape index (κ1) is 14.7. The highest BCUT2D eigenvalue weighted by Crippen LogP contribution is 2.44.